The molecule has 118 valence electrons. The maximum Gasteiger partial charge on any atom is 0.306 e. The maximum absolute atomic E-state index is 13.3. The Morgan fingerprint density at radius 3 is 2.77 bits per heavy atom. The van der Waals surface area contributed by atoms with Gasteiger partial charge < -0.3 is 14.8 Å². The lowest BCUT2D eigenvalue weighted by molar-refractivity contribution is -0.142. The Kier molecular flexibility index (Phi) is 4.16. The molecule has 0 bridgehead atoms. The minimum Gasteiger partial charge on any atom is -0.481 e. The van der Waals surface area contributed by atoms with E-state index in [9.17, 15) is 9.18 Å². The number of aryl methyl sites for hydroxylation is 1. The van der Waals surface area contributed by atoms with Crippen LogP contribution in [0.5, 0.6) is 0 Å². The molecule has 2 aromatic rings. The summed E-state index contributed by atoms with van der Waals surface area (Å²) in [4.78, 5) is 10.9. The molecule has 5 heteroatoms. The minimum absolute atomic E-state index is 0.200. The number of carbonyl (C=O) groups is 1. The largest absolute Gasteiger partial charge is 0.481 e. The Morgan fingerprint density at radius 2 is 2.09 bits per heavy atom. The summed E-state index contributed by atoms with van der Waals surface area (Å²) in [5.74, 6) is -0.327. The minimum atomic E-state index is -0.686. The molecule has 0 amide bonds. The predicted molar refractivity (Wildman–Crippen MR) is 81.1 cm³/mol. The summed E-state index contributed by atoms with van der Waals surface area (Å²) in [6.07, 6.45) is 3.17. The summed E-state index contributed by atoms with van der Waals surface area (Å²) in [6, 6.07) is 4.87. The highest BCUT2D eigenvalue weighted by Crippen LogP contribution is 2.27. The zero-order chi connectivity index (χ0) is 15.7. The molecule has 22 heavy (non-hydrogen) atoms. The topological polar surface area (TPSA) is 62.5 Å². The van der Waals surface area contributed by atoms with E-state index in [0.717, 1.165) is 42.4 Å². The number of fused-ring (bicyclic) bond motifs is 1. The number of benzene rings is 1. The maximum atomic E-state index is 13.3. The van der Waals surface area contributed by atoms with E-state index in [2.05, 4.69) is 5.32 Å². The van der Waals surface area contributed by atoms with Gasteiger partial charge in [0, 0.05) is 11.4 Å². The summed E-state index contributed by atoms with van der Waals surface area (Å²) in [6.45, 7) is 2.52. The molecule has 1 aliphatic rings. The van der Waals surface area contributed by atoms with Crippen molar-refractivity contribution >= 4 is 16.9 Å². The number of hydrogen-bond donors (Lipinski definition) is 2. The van der Waals surface area contributed by atoms with Crippen molar-refractivity contribution in [3.8, 4) is 0 Å². The van der Waals surface area contributed by atoms with Crippen molar-refractivity contribution in [2.45, 2.75) is 45.2 Å². The molecule has 3 rings (SSSR count). The molecule has 0 atom stereocenters. The smallest absolute Gasteiger partial charge is 0.306 e. The highest BCUT2D eigenvalue weighted by molar-refractivity contribution is 5.82. The molecule has 0 aliphatic heterocycles. The van der Waals surface area contributed by atoms with Gasteiger partial charge in [0.25, 0.3) is 0 Å². The molecule has 1 fully saturated rings. The molecule has 1 aliphatic carbocycles. The Bertz CT molecular complexity index is 687. The second-order valence-electron chi connectivity index (χ2n) is 6.06. The van der Waals surface area contributed by atoms with E-state index >= 15 is 0 Å². The zero-order valence-corrected chi connectivity index (χ0v) is 12.6. The number of nitrogens with one attached hydrogen (secondary N) is 1. The molecular formula is C17H20FNO3. The number of hydrogen-bond acceptors (Lipinski definition) is 3. The van der Waals surface area contributed by atoms with Crippen LogP contribution in [0.3, 0.4) is 0 Å². The third-order valence-corrected chi connectivity index (χ3v) is 4.62. The molecular weight excluding hydrogens is 285 g/mol. The van der Waals surface area contributed by atoms with Gasteiger partial charge in [-0.3, -0.25) is 4.79 Å². The quantitative estimate of drug-likeness (QED) is 0.905. The second-order valence-corrected chi connectivity index (χ2v) is 6.06. The van der Waals surface area contributed by atoms with Gasteiger partial charge in [0.2, 0.25) is 0 Å². The van der Waals surface area contributed by atoms with Crippen molar-refractivity contribution < 1.29 is 18.7 Å². The van der Waals surface area contributed by atoms with Gasteiger partial charge in [0.1, 0.15) is 17.2 Å². The van der Waals surface area contributed by atoms with Crippen LogP contribution in [0.4, 0.5) is 4.39 Å². The Hall–Kier alpha value is -1.88. The number of carboxylic acids is 1. The normalized spacial score (nSPS) is 22.1. The van der Waals surface area contributed by atoms with Crippen LogP contribution in [-0.2, 0) is 11.3 Å². The van der Waals surface area contributed by atoms with Gasteiger partial charge in [0.15, 0.2) is 0 Å². The summed E-state index contributed by atoms with van der Waals surface area (Å²) in [5, 5.41) is 13.3. The van der Waals surface area contributed by atoms with Crippen molar-refractivity contribution in [2.75, 3.05) is 0 Å². The van der Waals surface area contributed by atoms with Crippen molar-refractivity contribution in [1.29, 1.82) is 0 Å². The number of halogens is 1. The molecule has 1 aromatic heterocycles. The van der Waals surface area contributed by atoms with Gasteiger partial charge in [-0.2, -0.15) is 0 Å². The number of carboxylic acid groups (broad SMARTS) is 1. The molecule has 0 spiro atoms. The van der Waals surface area contributed by atoms with E-state index in [1.807, 2.05) is 6.92 Å². The van der Waals surface area contributed by atoms with Crippen LogP contribution in [0, 0.1) is 18.7 Å². The van der Waals surface area contributed by atoms with Crippen LogP contribution in [0.25, 0.3) is 11.0 Å². The van der Waals surface area contributed by atoms with E-state index in [1.165, 1.54) is 12.1 Å². The summed E-state index contributed by atoms with van der Waals surface area (Å²) >= 11 is 0. The van der Waals surface area contributed by atoms with Crippen LogP contribution in [0.1, 0.15) is 37.0 Å². The van der Waals surface area contributed by atoms with E-state index in [4.69, 9.17) is 9.52 Å². The van der Waals surface area contributed by atoms with E-state index in [1.54, 1.807) is 6.07 Å². The van der Waals surface area contributed by atoms with Crippen LogP contribution in [0.15, 0.2) is 22.6 Å². The van der Waals surface area contributed by atoms with Gasteiger partial charge in [-0.1, -0.05) is 0 Å². The van der Waals surface area contributed by atoms with Crippen LogP contribution in [-0.4, -0.2) is 17.1 Å². The highest BCUT2D eigenvalue weighted by atomic mass is 19.1. The van der Waals surface area contributed by atoms with Gasteiger partial charge in [-0.05, 0) is 56.4 Å². The monoisotopic (exact) mass is 305 g/mol. The molecule has 1 saturated carbocycles. The molecule has 4 nitrogen and oxygen atoms in total. The SMILES string of the molecule is Cc1c(CNC2CCC(C(=O)O)CC2)oc2ccc(F)cc12. The number of rotatable bonds is 4. The summed E-state index contributed by atoms with van der Waals surface area (Å²) in [7, 11) is 0. The van der Waals surface area contributed by atoms with E-state index in [0.29, 0.717) is 18.2 Å². The summed E-state index contributed by atoms with van der Waals surface area (Å²) < 4.78 is 19.1. The number of furan rings is 1. The first kappa shape index (κ1) is 15.0. The fraction of sp³-hybridized carbons (Fsp3) is 0.471. The lowest BCUT2D eigenvalue weighted by Gasteiger charge is -2.26. The van der Waals surface area contributed by atoms with Crippen molar-refractivity contribution in [3.63, 3.8) is 0 Å². The first-order valence-electron chi connectivity index (χ1n) is 7.68. The highest BCUT2D eigenvalue weighted by Gasteiger charge is 2.25. The lowest BCUT2D eigenvalue weighted by Crippen LogP contribution is -2.34. The van der Waals surface area contributed by atoms with Crippen molar-refractivity contribution in [1.82, 2.24) is 5.32 Å². The zero-order valence-electron chi connectivity index (χ0n) is 12.6. The summed E-state index contributed by atoms with van der Waals surface area (Å²) in [5.41, 5.74) is 1.66. The lowest BCUT2D eigenvalue weighted by atomic mass is 9.86. The van der Waals surface area contributed by atoms with E-state index in [-0.39, 0.29) is 11.7 Å². The molecule has 1 heterocycles. The third kappa shape index (κ3) is 2.99. The molecule has 1 aromatic carbocycles. The van der Waals surface area contributed by atoms with Gasteiger partial charge in [-0.15, -0.1) is 0 Å². The molecule has 0 unspecified atom stereocenters. The number of aliphatic carboxylic acids is 1. The fourth-order valence-electron chi connectivity index (χ4n) is 3.19. The van der Waals surface area contributed by atoms with Crippen molar-refractivity contribution in [3.05, 3.63) is 35.3 Å². The average Bonchev–Trinajstić information content (AvgIpc) is 2.82. The van der Waals surface area contributed by atoms with Gasteiger partial charge >= 0.3 is 5.97 Å². The van der Waals surface area contributed by atoms with Gasteiger partial charge in [-0.25, -0.2) is 4.39 Å². The Labute approximate surface area is 128 Å². The Balaban J connectivity index is 1.63. The fourth-order valence-corrected chi connectivity index (χ4v) is 3.19. The molecule has 0 radical (unpaired) electrons. The van der Waals surface area contributed by atoms with Crippen molar-refractivity contribution in [2.24, 2.45) is 5.92 Å². The third-order valence-electron chi connectivity index (χ3n) is 4.62. The standard InChI is InChI=1S/C17H20FNO3/c1-10-14-8-12(18)4-7-15(14)22-16(10)9-19-13-5-2-11(3-6-13)17(20)21/h4,7-8,11,13,19H,2-3,5-6,9H2,1H3,(H,20,21). The molecule has 2 N–H and O–H groups in total. The van der Waals surface area contributed by atoms with Gasteiger partial charge in [0.05, 0.1) is 12.5 Å². The van der Waals surface area contributed by atoms with Crippen LogP contribution < -0.4 is 5.32 Å². The predicted octanol–water partition coefficient (Wildman–Crippen LogP) is 3.61. The van der Waals surface area contributed by atoms with Crippen LogP contribution in [0.2, 0.25) is 0 Å². The first-order valence-corrected chi connectivity index (χ1v) is 7.68. The second kappa shape index (κ2) is 6.08. The Morgan fingerprint density at radius 1 is 1.36 bits per heavy atom. The van der Waals surface area contributed by atoms with E-state index < -0.39 is 5.97 Å². The first-order chi connectivity index (χ1) is 10.5. The average molecular weight is 305 g/mol. The van der Waals surface area contributed by atoms with Crippen LogP contribution >= 0.6 is 0 Å². The molecule has 0 saturated heterocycles.